The molecule has 3 aromatic rings. The third kappa shape index (κ3) is 1.52. The zero-order valence-electron chi connectivity index (χ0n) is 8.45. The summed E-state index contributed by atoms with van der Waals surface area (Å²) in [6.45, 7) is 0. The summed E-state index contributed by atoms with van der Waals surface area (Å²) in [6.07, 6.45) is 3.67. The molecule has 0 amide bonds. The van der Waals surface area contributed by atoms with E-state index in [0.717, 1.165) is 27.3 Å². The molecule has 82 valence electrons. The van der Waals surface area contributed by atoms with Gasteiger partial charge in [-0.25, -0.2) is 0 Å². The van der Waals surface area contributed by atoms with Crippen molar-refractivity contribution in [3.63, 3.8) is 0 Å². The zero-order chi connectivity index (χ0) is 11.0. The van der Waals surface area contributed by atoms with Gasteiger partial charge in [-0.15, -0.1) is 15.3 Å². The van der Waals surface area contributed by atoms with E-state index in [-0.39, 0.29) is 0 Å². The Balaban J connectivity index is 2.09. The zero-order valence-corrected chi connectivity index (χ0v) is 10.1. The van der Waals surface area contributed by atoms with E-state index < -0.39 is 0 Å². The van der Waals surface area contributed by atoms with Crippen LogP contribution in [0.2, 0.25) is 0 Å². The van der Waals surface area contributed by atoms with Gasteiger partial charge in [0.25, 0.3) is 0 Å². The fourth-order valence-corrected chi connectivity index (χ4v) is 2.64. The van der Waals surface area contributed by atoms with Crippen molar-refractivity contribution in [2.45, 2.75) is 5.75 Å². The largest absolute Gasteiger partial charge is 0.462 e. The molecule has 0 unspecified atom stereocenters. The molecule has 5 nitrogen and oxygen atoms in total. The Morgan fingerprint density at radius 1 is 1.50 bits per heavy atom. The maximum absolute atomic E-state index is 5.30. The molecule has 0 radical (unpaired) electrons. The van der Waals surface area contributed by atoms with E-state index in [1.54, 1.807) is 22.5 Å². The minimum Gasteiger partial charge on any atom is -0.462 e. The van der Waals surface area contributed by atoms with Crippen molar-refractivity contribution in [1.29, 1.82) is 0 Å². The summed E-state index contributed by atoms with van der Waals surface area (Å²) >= 11 is 3.18. The van der Waals surface area contributed by atoms with Crippen LogP contribution in [0.1, 0.15) is 5.82 Å². The van der Waals surface area contributed by atoms with Gasteiger partial charge in [-0.2, -0.15) is 16.3 Å². The predicted molar refractivity (Wildman–Crippen MR) is 63.6 cm³/mol. The number of rotatable bonds is 3. The summed E-state index contributed by atoms with van der Waals surface area (Å²) < 4.78 is 7.08. The lowest BCUT2D eigenvalue weighted by Gasteiger charge is -1.90. The molecule has 0 atom stereocenters. The molecule has 0 saturated carbocycles. The molecule has 0 aliphatic carbocycles. The molecule has 3 aromatic heterocycles. The molecular weight excluding hydrogens is 244 g/mol. The molecular formula is C9H8N4OS2. The molecule has 3 heterocycles. The van der Waals surface area contributed by atoms with Crippen molar-refractivity contribution in [3.05, 3.63) is 24.2 Å². The van der Waals surface area contributed by atoms with Crippen molar-refractivity contribution < 1.29 is 4.42 Å². The topological polar surface area (TPSA) is 56.2 Å². The summed E-state index contributed by atoms with van der Waals surface area (Å²) in [5.74, 6) is 2.45. The van der Waals surface area contributed by atoms with Crippen LogP contribution in [0.4, 0.5) is 0 Å². The first-order chi connectivity index (χ1) is 7.88. The molecule has 0 N–H and O–H groups in total. The Morgan fingerprint density at radius 2 is 2.44 bits per heavy atom. The van der Waals surface area contributed by atoms with E-state index in [9.17, 15) is 0 Å². The Bertz CT molecular complexity index is 598. The van der Waals surface area contributed by atoms with Gasteiger partial charge in [-0.3, -0.25) is 0 Å². The lowest BCUT2D eigenvalue weighted by atomic mass is 10.5. The highest BCUT2D eigenvalue weighted by molar-refractivity contribution is 7.97. The van der Waals surface area contributed by atoms with Crippen LogP contribution in [-0.2, 0) is 5.75 Å². The Hall–Kier alpha value is -1.34. The van der Waals surface area contributed by atoms with Gasteiger partial charge in [0.15, 0.2) is 16.6 Å². The van der Waals surface area contributed by atoms with Crippen LogP contribution in [0.5, 0.6) is 0 Å². The number of hydrogen-bond donors (Lipinski definition) is 0. The second-order valence-corrected chi connectivity index (χ2v) is 4.95. The molecule has 0 aromatic carbocycles. The number of thioether (sulfide) groups is 1. The van der Waals surface area contributed by atoms with Crippen LogP contribution >= 0.6 is 23.1 Å². The van der Waals surface area contributed by atoms with Crippen molar-refractivity contribution in [2.75, 3.05) is 6.26 Å². The Kier molecular flexibility index (Phi) is 2.41. The molecule has 0 aliphatic rings. The average molecular weight is 252 g/mol. The molecule has 7 heteroatoms. The standard InChI is InChI=1S/C9H8N4OS2/c1-15-5-7-10-11-9-13(7)12-8(16-9)6-3-2-4-14-6/h2-4H,5H2,1H3. The van der Waals surface area contributed by atoms with Crippen LogP contribution in [0.3, 0.4) is 0 Å². The van der Waals surface area contributed by atoms with Crippen LogP contribution in [0.25, 0.3) is 15.7 Å². The van der Waals surface area contributed by atoms with Gasteiger partial charge < -0.3 is 4.42 Å². The summed E-state index contributed by atoms with van der Waals surface area (Å²) in [5.41, 5.74) is 0. The number of nitrogens with zero attached hydrogens (tertiary/aromatic N) is 4. The van der Waals surface area contributed by atoms with Crippen LogP contribution in [0, 0.1) is 0 Å². The van der Waals surface area contributed by atoms with Gasteiger partial charge >= 0.3 is 0 Å². The fourth-order valence-electron chi connectivity index (χ4n) is 1.38. The molecule has 16 heavy (non-hydrogen) atoms. The highest BCUT2D eigenvalue weighted by Crippen LogP contribution is 2.25. The van der Waals surface area contributed by atoms with Crippen molar-refractivity contribution in [3.8, 4) is 10.8 Å². The Morgan fingerprint density at radius 3 is 3.19 bits per heavy atom. The fraction of sp³-hybridized carbons (Fsp3) is 0.222. The maximum Gasteiger partial charge on any atom is 0.235 e. The van der Waals surface area contributed by atoms with Crippen LogP contribution < -0.4 is 0 Å². The SMILES string of the molecule is CSCc1nnc2sc(-c3ccco3)nn12. The van der Waals surface area contributed by atoms with E-state index in [1.165, 1.54) is 11.3 Å². The number of aromatic nitrogens is 4. The molecule has 0 fully saturated rings. The normalized spacial score (nSPS) is 11.3. The predicted octanol–water partition coefficient (Wildman–Crippen LogP) is 2.31. The van der Waals surface area contributed by atoms with Crippen LogP contribution in [0.15, 0.2) is 22.8 Å². The summed E-state index contributed by atoms with van der Waals surface area (Å²) in [6, 6.07) is 3.74. The number of furan rings is 1. The molecule has 0 aliphatic heterocycles. The lowest BCUT2D eigenvalue weighted by Crippen LogP contribution is -1.93. The van der Waals surface area contributed by atoms with Gasteiger partial charge in [-0.1, -0.05) is 11.3 Å². The van der Waals surface area contributed by atoms with E-state index in [4.69, 9.17) is 4.42 Å². The Labute approximate surface area is 99.5 Å². The monoisotopic (exact) mass is 252 g/mol. The molecule has 0 spiro atoms. The van der Waals surface area contributed by atoms with Crippen molar-refractivity contribution in [1.82, 2.24) is 19.8 Å². The van der Waals surface area contributed by atoms with Crippen molar-refractivity contribution >= 4 is 28.1 Å². The number of hydrogen-bond acceptors (Lipinski definition) is 6. The highest BCUT2D eigenvalue weighted by atomic mass is 32.2. The first kappa shape index (κ1) is 9.86. The minimum absolute atomic E-state index is 0.769. The smallest absolute Gasteiger partial charge is 0.235 e. The highest BCUT2D eigenvalue weighted by Gasteiger charge is 2.13. The van der Waals surface area contributed by atoms with Gasteiger partial charge in [0.05, 0.1) is 12.0 Å². The average Bonchev–Trinajstić information content (AvgIpc) is 2.93. The number of fused-ring (bicyclic) bond motifs is 1. The second kappa shape index (κ2) is 3.91. The second-order valence-electron chi connectivity index (χ2n) is 3.13. The molecule has 0 saturated heterocycles. The van der Waals surface area contributed by atoms with E-state index >= 15 is 0 Å². The van der Waals surface area contributed by atoms with Gasteiger partial charge in [0.2, 0.25) is 4.96 Å². The first-order valence-corrected chi connectivity index (χ1v) is 6.83. The summed E-state index contributed by atoms with van der Waals surface area (Å²) in [4.78, 5) is 0.801. The lowest BCUT2D eigenvalue weighted by molar-refractivity contribution is 0.580. The molecule has 0 bridgehead atoms. The van der Waals surface area contributed by atoms with E-state index in [0.29, 0.717) is 0 Å². The van der Waals surface area contributed by atoms with E-state index in [1.807, 2.05) is 18.4 Å². The minimum atomic E-state index is 0.769. The summed E-state index contributed by atoms with van der Waals surface area (Å²) in [5, 5.41) is 13.4. The van der Waals surface area contributed by atoms with Gasteiger partial charge in [-0.05, 0) is 18.4 Å². The first-order valence-electron chi connectivity index (χ1n) is 4.62. The summed E-state index contributed by atoms with van der Waals surface area (Å²) in [7, 11) is 0. The molecule has 3 rings (SSSR count). The van der Waals surface area contributed by atoms with Gasteiger partial charge in [0.1, 0.15) is 0 Å². The van der Waals surface area contributed by atoms with Gasteiger partial charge in [0, 0.05) is 0 Å². The van der Waals surface area contributed by atoms with Crippen LogP contribution in [-0.4, -0.2) is 26.1 Å². The van der Waals surface area contributed by atoms with Crippen molar-refractivity contribution in [2.24, 2.45) is 0 Å². The van der Waals surface area contributed by atoms with E-state index in [2.05, 4.69) is 15.3 Å². The maximum atomic E-state index is 5.30. The quantitative estimate of drug-likeness (QED) is 0.716. The third-order valence-electron chi connectivity index (χ3n) is 2.06. The third-order valence-corrected chi connectivity index (χ3v) is 3.52.